The molecule has 2 unspecified atom stereocenters. The van der Waals surface area contributed by atoms with Gasteiger partial charge in [-0.1, -0.05) is 24.3 Å². The summed E-state index contributed by atoms with van der Waals surface area (Å²) >= 11 is 0. The highest BCUT2D eigenvalue weighted by Crippen LogP contribution is 2.46. The molecular formula is C15H17NO2. The molecule has 3 heteroatoms. The third kappa shape index (κ3) is 1.57. The molecule has 1 aliphatic carbocycles. The van der Waals surface area contributed by atoms with E-state index in [0.29, 0.717) is 26.1 Å². The Balaban J connectivity index is 1.99. The lowest BCUT2D eigenvalue weighted by Gasteiger charge is -2.42. The van der Waals surface area contributed by atoms with Gasteiger partial charge in [-0.15, -0.1) is 0 Å². The van der Waals surface area contributed by atoms with Gasteiger partial charge < -0.3 is 9.84 Å². The van der Waals surface area contributed by atoms with Crippen LogP contribution < -0.4 is 0 Å². The lowest BCUT2D eigenvalue weighted by molar-refractivity contribution is -0.0650. The van der Waals surface area contributed by atoms with E-state index < -0.39 is 11.0 Å². The number of rotatable bonds is 1. The van der Waals surface area contributed by atoms with Gasteiger partial charge in [-0.05, 0) is 30.4 Å². The number of nitriles is 1. The van der Waals surface area contributed by atoms with Crippen molar-refractivity contribution in [1.29, 1.82) is 5.26 Å². The fourth-order valence-electron chi connectivity index (χ4n) is 3.26. The molecular weight excluding hydrogens is 226 g/mol. The van der Waals surface area contributed by atoms with Crippen LogP contribution in [-0.2, 0) is 17.6 Å². The van der Waals surface area contributed by atoms with Crippen LogP contribution in [0.5, 0.6) is 0 Å². The molecule has 3 rings (SSSR count). The summed E-state index contributed by atoms with van der Waals surface area (Å²) in [7, 11) is 0. The van der Waals surface area contributed by atoms with Gasteiger partial charge in [-0.2, -0.15) is 5.26 Å². The molecule has 0 aromatic heterocycles. The molecule has 0 radical (unpaired) electrons. The molecule has 3 nitrogen and oxygen atoms in total. The molecule has 0 bridgehead atoms. The highest BCUT2D eigenvalue weighted by Gasteiger charge is 2.54. The quantitative estimate of drug-likeness (QED) is 0.818. The van der Waals surface area contributed by atoms with Crippen molar-refractivity contribution in [2.75, 3.05) is 13.2 Å². The van der Waals surface area contributed by atoms with E-state index in [-0.39, 0.29) is 0 Å². The van der Waals surface area contributed by atoms with Crippen molar-refractivity contribution in [2.24, 2.45) is 5.41 Å². The Morgan fingerprint density at radius 1 is 1.22 bits per heavy atom. The van der Waals surface area contributed by atoms with Crippen LogP contribution in [-0.4, -0.2) is 23.9 Å². The van der Waals surface area contributed by atoms with E-state index in [0.717, 1.165) is 12.8 Å². The average Bonchev–Trinajstić information content (AvgIpc) is 2.86. The predicted molar refractivity (Wildman–Crippen MR) is 66.9 cm³/mol. The number of nitrogens with zero attached hydrogens (tertiary/aromatic N) is 1. The Morgan fingerprint density at radius 3 is 2.67 bits per heavy atom. The van der Waals surface area contributed by atoms with Gasteiger partial charge in [0, 0.05) is 13.0 Å². The van der Waals surface area contributed by atoms with E-state index in [9.17, 15) is 10.4 Å². The lowest BCUT2D eigenvalue weighted by Crippen LogP contribution is -2.51. The molecule has 1 fully saturated rings. The number of benzene rings is 1. The second-order valence-corrected chi connectivity index (χ2v) is 5.47. The molecule has 1 N–H and O–H groups in total. The van der Waals surface area contributed by atoms with Gasteiger partial charge in [-0.25, -0.2) is 0 Å². The second-order valence-electron chi connectivity index (χ2n) is 5.47. The predicted octanol–water partition coefficient (Wildman–Crippen LogP) is 1.84. The minimum absolute atomic E-state index is 0.294. The summed E-state index contributed by atoms with van der Waals surface area (Å²) in [6.45, 7) is 0.851. The molecule has 2 aliphatic rings. The lowest BCUT2D eigenvalue weighted by atomic mass is 9.62. The molecule has 0 amide bonds. The van der Waals surface area contributed by atoms with Crippen LogP contribution in [0.3, 0.4) is 0 Å². The maximum absolute atomic E-state index is 10.7. The minimum atomic E-state index is -0.977. The van der Waals surface area contributed by atoms with Crippen molar-refractivity contribution in [3.8, 4) is 6.07 Å². The first kappa shape index (κ1) is 11.7. The molecule has 18 heavy (non-hydrogen) atoms. The van der Waals surface area contributed by atoms with E-state index in [1.807, 2.05) is 12.1 Å². The van der Waals surface area contributed by atoms with Gasteiger partial charge in [0.05, 0.1) is 18.1 Å². The van der Waals surface area contributed by atoms with Crippen LogP contribution >= 0.6 is 0 Å². The third-order valence-corrected chi connectivity index (χ3v) is 4.54. The summed E-state index contributed by atoms with van der Waals surface area (Å²) < 4.78 is 5.33. The molecule has 1 saturated heterocycles. The zero-order valence-electron chi connectivity index (χ0n) is 10.4. The standard InChI is InChI=1S/C15H17NO2/c16-10-14(15(17)7-8-18-11-15)6-5-12-3-1-2-4-13(12)9-14/h1-4,17H,5-9,11H2. The summed E-state index contributed by atoms with van der Waals surface area (Å²) in [5, 5.41) is 20.4. The van der Waals surface area contributed by atoms with Crippen LogP contribution in [0.25, 0.3) is 0 Å². The molecule has 0 spiro atoms. The second kappa shape index (κ2) is 4.08. The Labute approximate surface area is 107 Å². The molecule has 94 valence electrons. The number of ether oxygens (including phenoxy) is 1. The first-order valence-electron chi connectivity index (χ1n) is 6.47. The van der Waals surface area contributed by atoms with E-state index in [2.05, 4.69) is 18.2 Å². The smallest absolute Gasteiger partial charge is 0.109 e. The minimum Gasteiger partial charge on any atom is -0.386 e. The van der Waals surface area contributed by atoms with Crippen molar-refractivity contribution >= 4 is 0 Å². The van der Waals surface area contributed by atoms with E-state index in [4.69, 9.17) is 4.74 Å². The van der Waals surface area contributed by atoms with Crippen molar-refractivity contribution in [2.45, 2.75) is 31.3 Å². The largest absolute Gasteiger partial charge is 0.386 e. The summed E-state index contributed by atoms with van der Waals surface area (Å²) in [5.41, 5.74) is 0.851. The van der Waals surface area contributed by atoms with Crippen molar-refractivity contribution < 1.29 is 9.84 Å². The van der Waals surface area contributed by atoms with E-state index in [1.54, 1.807) is 0 Å². The Bertz CT molecular complexity index is 499. The zero-order chi connectivity index (χ0) is 12.6. The molecule has 1 heterocycles. The van der Waals surface area contributed by atoms with Crippen molar-refractivity contribution in [3.63, 3.8) is 0 Å². The maximum Gasteiger partial charge on any atom is 0.109 e. The summed E-state index contributed by atoms with van der Waals surface area (Å²) in [6.07, 6.45) is 2.80. The Morgan fingerprint density at radius 2 is 2.00 bits per heavy atom. The van der Waals surface area contributed by atoms with Crippen molar-refractivity contribution in [3.05, 3.63) is 35.4 Å². The average molecular weight is 243 g/mol. The Hall–Kier alpha value is -1.37. The zero-order valence-corrected chi connectivity index (χ0v) is 10.4. The monoisotopic (exact) mass is 243 g/mol. The first-order valence-corrected chi connectivity index (χ1v) is 6.47. The highest BCUT2D eigenvalue weighted by molar-refractivity contribution is 5.35. The van der Waals surface area contributed by atoms with Crippen molar-refractivity contribution in [1.82, 2.24) is 0 Å². The normalized spacial score (nSPS) is 34.9. The molecule has 1 aliphatic heterocycles. The van der Waals surface area contributed by atoms with Crippen LogP contribution in [0.4, 0.5) is 0 Å². The molecule has 2 atom stereocenters. The van der Waals surface area contributed by atoms with Gasteiger partial charge in [0.25, 0.3) is 0 Å². The van der Waals surface area contributed by atoms with Crippen LogP contribution in [0.2, 0.25) is 0 Å². The highest BCUT2D eigenvalue weighted by atomic mass is 16.5. The van der Waals surface area contributed by atoms with E-state index in [1.165, 1.54) is 11.1 Å². The fraction of sp³-hybridized carbons (Fsp3) is 0.533. The summed E-state index contributed by atoms with van der Waals surface area (Å²) in [5.74, 6) is 0. The van der Waals surface area contributed by atoms with Crippen LogP contribution in [0.15, 0.2) is 24.3 Å². The summed E-state index contributed by atoms with van der Waals surface area (Å²) in [4.78, 5) is 0. The number of hydrogen-bond donors (Lipinski definition) is 1. The molecule has 1 aromatic carbocycles. The third-order valence-electron chi connectivity index (χ3n) is 4.54. The number of aliphatic hydroxyl groups is 1. The van der Waals surface area contributed by atoms with Gasteiger partial charge in [0.1, 0.15) is 5.60 Å². The molecule has 1 aromatic rings. The molecule has 0 saturated carbocycles. The van der Waals surface area contributed by atoms with Gasteiger partial charge in [-0.3, -0.25) is 0 Å². The number of aryl methyl sites for hydroxylation is 1. The van der Waals surface area contributed by atoms with Crippen LogP contribution in [0.1, 0.15) is 24.0 Å². The number of hydrogen-bond acceptors (Lipinski definition) is 3. The first-order chi connectivity index (χ1) is 8.69. The fourth-order valence-corrected chi connectivity index (χ4v) is 3.26. The SMILES string of the molecule is N#CC1(C2(O)CCOC2)CCc2ccccc2C1. The Kier molecular flexibility index (Phi) is 2.65. The van der Waals surface area contributed by atoms with Crippen LogP contribution in [0, 0.1) is 16.7 Å². The topological polar surface area (TPSA) is 53.2 Å². The van der Waals surface area contributed by atoms with E-state index >= 15 is 0 Å². The van der Waals surface area contributed by atoms with Gasteiger partial charge in [0.15, 0.2) is 0 Å². The number of fused-ring (bicyclic) bond motifs is 1. The van der Waals surface area contributed by atoms with Gasteiger partial charge in [0.2, 0.25) is 0 Å². The maximum atomic E-state index is 10.7. The summed E-state index contributed by atoms with van der Waals surface area (Å²) in [6, 6.07) is 10.6. The van der Waals surface area contributed by atoms with Gasteiger partial charge >= 0.3 is 0 Å².